The summed E-state index contributed by atoms with van der Waals surface area (Å²) in [4.78, 5) is 0. The van der Waals surface area contributed by atoms with Crippen LogP contribution in [0.1, 0.15) is 19.3 Å². The molecular weight excluding hydrogens is 205 g/mol. The van der Waals surface area contributed by atoms with Crippen LogP contribution in [-0.2, 0) is 9.84 Å². The molecule has 2 rings (SSSR count). The quantitative estimate of drug-likeness (QED) is 0.688. The fraction of sp³-hybridized carbons (Fsp3) is 1.00. The minimum absolute atomic E-state index is 0.308. The van der Waals surface area contributed by atoms with E-state index in [1.165, 1.54) is 0 Å². The van der Waals surface area contributed by atoms with Gasteiger partial charge in [-0.3, -0.25) is 0 Å². The molecule has 0 aromatic heterocycles. The summed E-state index contributed by atoms with van der Waals surface area (Å²) in [5.74, 6) is 0.965. The van der Waals surface area contributed by atoms with E-state index >= 15 is 0 Å². The summed E-state index contributed by atoms with van der Waals surface area (Å²) < 4.78 is 34.7. The maximum absolute atomic E-state index is 13.1. The Kier molecular flexibility index (Phi) is 2.55. The first-order chi connectivity index (χ1) is 6.49. The lowest BCUT2D eigenvalue weighted by Crippen LogP contribution is -2.38. The van der Waals surface area contributed by atoms with Gasteiger partial charge in [-0.05, 0) is 31.7 Å². The molecule has 1 saturated heterocycles. The molecule has 0 bridgehead atoms. The van der Waals surface area contributed by atoms with Gasteiger partial charge in [-0.15, -0.1) is 0 Å². The van der Waals surface area contributed by atoms with E-state index < -0.39 is 15.5 Å². The van der Waals surface area contributed by atoms with E-state index in [9.17, 15) is 12.8 Å². The van der Waals surface area contributed by atoms with Crippen LogP contribution in [0.25, 0.3) is 0 Å². The van der Waals surface area contributed by atoms with Crippen LogP contribution in [0, 0.1) is 5.92 Å². The summed E-state index contributed by atoms with van der Waals surface area (Å²) in [6.45, 7) is 1.18. The molecule has 0 aromatic rings. The third-order valence-electron chi connectivity index (χ3n) is 2.94. The highest BCUT2D eigenvalue weighted by molar-refractivity contribution is 7.92. The van der Waals surface area contributed by atoms with Crippen molar-refractivity contribution in [1.82, 2.24) is 5.32 Å². The number of alkyl halides is 1. The SMILES string of the molecule is O=S1(=O)CC(CCNCC2(F)CC2)C1. The zero-order chi connectivity index (χ0) is 10.2. The minimum atomic E-state index is -2.69. The molecule has 2 aliphatic rings. The van der Waals surface area contributed by atoms with Crippen LogP contribution in [0.5, 0.6) is 0 Å². The van der Waals surface area contributed by atoms with Crippen molar-refractivity contribution in [3.8, 4) is 0 Å². The summed E-state index contributed by atoms with van der Waals surface area (Å²) >= 11 is 0. The Hall–Kier alpha value is -0.160. The van der Waals surface area contributed by atoms with Gasteiger partial charge in [-0.1, -0.05) is 0 Å². The Bertz CT molecular complexity index is 299. The molecule has 1 aliphatic heterocycles. The van der Waals surface area contributed by atoms with Gasteiger partial charge in [0.2, 0.25) is 0 Å². The second kappa shape index (κ2) is 3.45. The zero-order valence-corrected chi connectivity index (χ0v) is 8.95. The predicted octanol–water partition coefficient (Wildman–Crippen LogP) is 0.513. The minimum Gasteiger partial charge on any atom is -0.314 e. The highest BCUT2D eigenvalue weighted by Gasteiger charge is 2.42. The van der Waals surface area contributed by atoms with Crippen molar-refractivity contribution in [2.45, 2.75) is 24.9 Å². The molecule has 5 heteroatoms. The molecule has 14 heavy (non-hydrogen) atoms. The Balaban J connectivity index is 1.52. The predicted molar refractivity (Wildman–Crippen MR) is 52.7 cm³/mol. The average Bonchev–Trinajstić information content (AvgIpc) is 2.74. The standard InChI is InChI=1S/C9H16FNO2S/c10-9(2-3-9)7-11-4-1-8-5-14(12,13)6-8/h8,11H,1-7H2. The van der Waals surface area contributed by atoms with E-state index in [1.807, 2.05) is 0 Å². The van der Waals surface area contributed by atoms with Crippen LogP contribution in [0.2, 0.25) is 0 Å². The Morgan fingerprint density at radius 1 is 1.36 bits per heavy atom. The molecule has 2 fully saturated rings. The van der Waals surface area contributed by atoms with Gasteiger partial charge < -0.3 is 5.32 Å². The van der Waals surface area contributed by atoms with Gasteiger partial charge >= 0.3 is 0 Å². The molecule has 3 nitrogen and oxygen atoms in total. The maximum atomic E-state index is 13.1. The maximum Gasteiger partial charge on any atom is 0.150 e. The van der Waals surface area contributed by atoms with Gasteiger partial charge in [-0.2, -0.15) is 0 Å². The fourth-order valence-corrected chi connectivity index (χ4v) is 3.44. The smallest absolute Gasteiger partial charge is 0.150 e. The van der Waals surface area contributed by atoms with Gasteiger partial charge in [-0.25, -0.2) is 12.8 Å². The molecule has 1 saturated carbocycles. The molecule has 0 amide bonds. The highest BCUT2D eigenvalue weighted by Crippen LogP contribution is 2.38. The van der Waals surface area contributed by atoms with Crippen molar-refractivity contribution in [2.24, 2.45) is 5.92 Å². The summed E-state index contributed by atoms with van der Waals surface area (Å²) in [6, 6.07) is 0. The highest BCUT2D eigenvalue weighted by atomic mass is 32.2. The third-order valence-corrected chi connectivity index (χ3v) is 4.90. The van der Waals surface area contributed by atoms with E-state index in [1.54, 1.807) is 0 Å². The number of hydrogen-bond donors (Lipinski definition) is 1. The van der Waals surface area contributed by atoms with Crippen molar-refractivity contribution in [3.63, 3.8) is 0 Å². The molecule has 0 spiro atoms. The van der Waals surface area contributed by atoms with Crippen LogP contribution >= 0.6 is 0 Å². The largest absolute Gasteiger partial charge is 0.314 e. The average molecular weight is 221 g/mol. The van der Waals surface area contributed by atoms with Crippen LogP contribution in [0.3, 0.4) is 0 Å². The first-order valence-electron chi connectivity index (χ1n) is 5.09. The number of rotatable bonds is 5. The molecule has 1 N–H and O–H groups in total. The summed E-state index contributed by atoms with van der Waals surface area (Å²) in [6.07, 6.45) is 2.21. The van der Waals surface area contributed by atoms with Crippen molar-refractivity contribution >= 4 is 9.84 Å². The lowest BCUT2D eigenvalue weighted by atomic mass is 10.1. The normalized spacial score (nSPS) is 28.4. The monoisotopic (exact) mass is 221 g/mol. The molecule has 1 heterocycles. The Morgan fingerprint density at radius 2 is 2.00 bits per heavy atom. The van der Waals surface area contributed by atoms with Gasteiger partial charge in [0.25, 0.3) is 0 Å². The lowest BCUT2D eigenvalue weighted by Gasteiger charge is -2.25. The second-order valence-electron chi connectivity index (χ2n) is 4.56. The first kappa shape index (κ1) is 10.4. The second-order valence-corrected chi connectivity index (χ2v) is 6.71. The van der Waals surface area contributed by atoms with Crippen molar-refractivity contribution < 1.29 is 12.8 Å². The van der Waals surface area contributed by atoms with Crippen LogP contribution in [-0.4, -0.2) is 38.7 Å². The van der Waals surface area contributed by atoms with Gasteiger partial charge in [0.15, 0.2) is 9.84 Å². The molecule has 82 valence electrons. The van der Waals surface area contributed by atoms with Crippen LogP contribution < -0.4 is 5.32 Å². The number of halogens is 1. The zero-order valence-electron chi connectivity index (χ0n) is 8.13. The topological polar surface area (TPSA) is 46.2 Å². The summed E-state index contributed by atoms with van der Waals surface area (Å²) in [5, 5.41) is 3.04. The molecule has 0 aromatic carbocycles. The van der Waals surface area contributed by atoms with Gasteiger partial charge in [0, 0.05) is 6.54 Å². The lowest BCUT2D eigenvalue weighted by molar-refractivity contribution is 0.293. The van der Waals surface area contributed by atoms with Crippen LogP contribution in [0.4, 0.5) is 4.39 Å². The fourth-order valence-electron chi connectivity index (χ4n) is 1.77. The molecule has 1 aliphatic carbocycles. The van der Waals surface area contributed by atoms with Gasteiger partial charge in [0.1, 0.15) is 5.67 Å². The molecule has 0 unspecified atom stereocenters. The summed E-state index contributed by atoms with van der Waals surface area (Å²) in [7, 11) is -2.69. The van der Waals surface area contributed by atoms with Crippen molar-refractivity contribution in [2.75, 3.05) is 24.6 Å². The third kappa shape index (κ3) is 2.67. The number of hydrogen-bond acceptors (Lipinski definition) is 3. The van der Waals surface area contributed by atoms with E-state index in [0.29, 0.717) is 36.8 Å². The Morgan fingerprint density at radius 3 is 2.50 bits per heavy atom. The molecule has 0 atom stereocenters. The van der Waals surface area contributed by atoms with E-state index in [0.717, 1.165) is 13.0 Å². The van der Waals surface area contributed by atoms with E-state index in [2.05, 4.69) is 5.32 Å². The first-order valence-corrected chi connectivity index (χ1v) is 6.91. The number of nitrogens with one attached hydrogen (secondary N) is 1. The van der Waals surface area contributed by atoms with E-state index in [4.69, 9.17) is 0 Å². The summed E-state index contributed by atoms with van der Waals surface area (Å²) in [5.41, 5.74) is -0.939. The van der Waals surface area contributed by atoms with E-state index in [-0.39, 0.29) is 0 Å². The molecular formula is C9H16FNO2S. The Labute approximate surface area is 84.0 Å². The molecule has 0 radical (unpaired) electrons. The van der Waals surface area contributed by atoms with Crippen molar-refractivity contribution in [3.05, 3.63) is 0 Å². The number of sulfone groups is 1. The van der Waals surface area contributed by atoms with Crippen LogP contribution in [0.15, 0.2) is 0 Å². The van der Waals surface area contributed by atoms with Crippen molar-refractivity contribution in [1.29, 1.82) is 0 Å². The van der Waals surface area contributed by atoms with Gasteiger partial charge in [0.05, 0.1) is 11.5 Å².